The molecule has 1 aliphatic carbocycles. The number of benzene rings is 1. The van der Waals surface area contributed by atoms with Crippen LogP contribution >= 0.6 is 11.3 Å². The maximum atomic E-state index is 12.2. The maximum Gasteiger partial charge on any atom is 0.324 e. The third-order valence-corrected chi connectivity index (χ3v) is 5.23. The van der Waals surface area contributed by atoms with E-state index in [9.17, 15) is 14.7 Å². The number of aliphatic hydroxyl groups is 1. The molecule has 1 unspecified atom stereocenters. The maximum absolute atomic E-state index is 12.2. The fourth-order valence-corrected chi connectivity index (χ4v) is 4.18. The molecule has 0 bridgehead atoms. The summed E-state index contributed by atoms with van der Waals surface area (Å²) in [4.78, 5) is 25.0. The van der Waals surface area contributed by atoms with Gasteiger partial charge in [-0.3, -0.25) is 10.1 Å². The van der Waals surface area contributed by atoms with Gasteiger partial charge >= 0.3 is 6.03 Å². The van der Waals surface area contributed by atoms with E-state index in [-0.39, 0.29) is 0 Å². The Morgan fingerprint density at radius 1 is 1.28 bits per heavy atom. The predicted molar refractivity (Wildman–Crippen MR) is 96.5 cm³/mol. The highest BCUT2D eigenvalue weighted by Gasteiger charge is 2.27. The summed E-state index contributed by atoms with van der Waals surface area (Å²) in [5.41, 5.74) is 7.27. The second kappa shape index (κ2) is 7.12. The molecule has 1 atom stereocenters. The fraction of sp³-hybridized carbons (Fsp3) is 0.294. The summed E-state index contributed by atoms with van der Waals surface area (Å²) in [6.45, 7) is 0. The first-order valence-corrected chi connectivity index (χ1v) is 8.64. The van der Waals surface area contributed by atoms with Crippen molar-refractivity contribution in [2.24, 2.45) is 5.73 Å². The zero-order valence-electron chi connectivity index (χ0n) is 13.7. The van der Waals surface area contributed by atoms with Crippen molar-refractivity contribution >= 4 is 34.0 Å². The van der Waals surface area contributed by atoms with Crippen LogP contribution in [0.2, 0.25) is 0 Å². The van der Waals surface area contributed by atoms with Crippen LogP contribution in [0.25, 0.3) is 0 Å². The molecule has 0 saturated heterocycles. The molecule has 0 spiro atoms. The van der Waals surface area contributed by atoms with Gasteiger partial charge in [0.05, 0.1) is 18.8 Å². The van der Waals surface area contributed by atoms with Gasteiger partial charge in [0.15, 0.2) is 0 Å². The van der Waals surface area contributed by atoms with Crippen molar-refractivity contribution in [2.75, 3.05) is 17.7 Å². The number of carbonyl (C=O) groups is 2. The summed E-state index contributed by atoms with van der Waals surface area (Å²) in [5.74, 6) is 0.111. The van der Waals surface area contributed by atoms with Crippen molar-refractivity contribution in [3.63, 3.8) is 0 Å². The number of rotatable bonds is 4. The van der Waals surface area contributed by atoms with E-state index in [1.807, 2.05) is 0 Å². The molecular formula is C17H19N3O4S. The first kappa shape index (κ1) is 17.2. The van der Waals surface area contributed by atoms with Crippen LogP contribution in [0.1, 0.15) is 27.2 Å². The number of primary amides is 1. The summed E-state index contributed by atoms with van der Waals surface area (Å²) < 4.78 is 5.07. The Kier molecular flexibility index (Phi) is 4.91. The van der Waals surface area contributed by atoms with Crippen LogP contribution in [-0.4, -0.2) is 30.3 Å². The summed E-state index contributed by atoms with van der Waals surface area (Å²) >= 11 is 1.29. The molecule has 7 nitrogen and oxygen atoms in total. The third kappa shape index (κ3) is 3.75. The molecule has 3 amide bonds. The number of carbonyl (C=O) groups excluding carboxylic acids is 2. The quantitative estimate of drug-likeness (QED) is 0.669. The first-order chi connectivity index (χ1) is 12.0. The largest absolute Gasteiger partial charge is 0.497 e. The second-order valence-corrected chi connectivity index (χ2v) is 6.88. The van der Waals surface area contributed by atoms with Crippen LogP contribution in [0.4, 0.5) is 15.5 Å². The zero-order chi connectivity index (χ0) is 18.0. The van der Waals surface area contributed by atoms with Gasteiger partial charge in [-0.15, -0.1) is 11.3 Å². The molecule has 3 rings (SSSR count). The van der Waals surface area contributed by atoms with Crippen LogP contribution in [-0.2, 0) is 12.8 Å². The molecular weight excluding hydrogens is 342 g/mol. The molecule has 1 aromatic carbocycles. The Balaban J connectivity index is 1.77. The SMILES string of the molecule is COc1ccc(NC(=O)Nc2sc3c(c2C(N)=O)CCC(O)C3)cc1. The Morgan fingerprint density at radius 3 is 2.64 bits per heavy atom. The lowest BCUT2D eigenvalue weighted by atomic mass is 9.93. The number of anilines is 2. The lowest BCUT2D eigenvalue weighted by Gasteiger charge is -2.17. The van der Waals surface area contributed by atoms with Gasteiger partial charge in [-0.05, 0) is 42.7 Å². The number of urea groups is 1. The summed E-state index contributed by atoms with van der Waals surface area (Å²) in [5, 5.41) is 15.6. The van der Waals surface area contributed by atoms with Gasteiger partial charge in [0.1, 0.15) is 10.8 Å². The Hall–Kier alpha value is -2.58. The highest BCUT2D eigenvalue weighted by molar-refractivity contribution is 7.17. The van der Waals surface area contributed by atoms with Crippen LogP contribution in [0.15, 0.2) is 24.3 Å². The Morgan fingerprint density at radius 2 is 2.00 bits per heavy atom. The predicted octanol–water partition coefficient (Wildman–Crippen LogP) is 2.35. The van der Waals surface area contributed by atoms with Crippen molar-refractivity contribution in [3.05, 3.63) is 40.3 Å². The third-order valence-electron chi connectivity index (χ3n) is 4.06. The van der Waals surface area contributed by atoms with Crippen LogP contribution in [0.3, 0.4) is 0 Å². The minimum atomic E-state index is -0.575. The minimum Gasteiger partial charge on any atom is -0.497 e. The standard InChI is InChI=1S/C17H19N3O4S/c1-24-11-5-2-9(3-6-11)19-17(23)20-16-14(15(18)22)12-7-4-10(21)8-13(12)25-16/h2-3,5-6,10,21H,4,7-8H2,1H3,(H2,18,22)(H2,19,20,23). The molecule has 1 aromatic heterocycles. The van der Waals surface area contributed by atoms with Gasteiger partial charge in [-0.25, -0.2) is 4.79 Å². The van der Waals surface area contributed by atoms with Gasteiger partial charge in [-0.1, -0.05) is 0 Å². The Bertz CT molecular complexity index is 801. The van der Waals surface area contributed by atoms with Crippen molar-refractivity contribution in [2.45, 2.75) is 25.4 Å². The van der Waals surface area contributed by atoms with Gasteiger partial charge in [0, 0.05) is 17.0 Å². The Labute approximate surface area is 148 Å². The molecule has 1 heterocycles. The van der Waals surface area contributed by atoms with Crippen LogP contribution < -0.4 is 21.1 Å². The number of hydrogen-bond donors (Lipinski definition) is 4. The van der Waals surface area contributed by atoms with E-state index in [0.717, 1.165) is 10.4 Å². The van der Waals surface area contributed by atoms with Crippen LogP contribution in [0, 0.1) is 0 Å². The molecule has 132 valence electrons. The van der Waals surface area contributed by atoms with Crippen molar-refractivity contribution in [3.8, 4) is 5.75 Å². The van der Waals surface area contributed by atoms with E-state index in [0.29, 0.717) is 41.3 Å². The highest BCUT2D eigenvalue weighted by atomic mass is 32.1. The second-order valence-electron chi connectivity index (χ2n) is 5.78. The van der Waals surface area contributed by atoms with E-state index < -0.39 is 18.0 Å². The number of aliphatic hydroxyl groups excluding tert-OH is 1. The minimum absolute atomic E-state index is 0.344. The number of nitrogens with two attached hydrogens (primary N) is 1. The number of amides is 3. The summed E-state index contributed by atoms with van der Waals surface area (Å²) in [6, 6.07) is 6.42. The summed E-state index contributed by atoms with van der Waals surface area (Å²) in [7, 11) is 1.57. The number of fused-ring (bicyclic) bond motifs is 1. The molecule has 25 heavy (non-hydrogen) atoms. The van der Waals surface area contributed by atoms with Crippen molar-refractivity contribution in [1.82, 2.24) is 0 Å². The van der Waals surface area contributed by atoms with Crippen molar-refractivity contribution < 1.29 is 19.4 Å². The highest BCUT2D eigenvalue weighted by Crippen LogP contribution is 2.38. The average Bonchev–Trinajstić information content (AvgIpc) is 2.92. The van der Waals surface area contributed by atoms with Crippen molar-refractivity contribution in [1.29, 1.82) is 0 Å². The van der Waals surface area contributed by atoms with Gasteiger partial charge in [-0.2, -0.15) is 0 Å². The van der Waals surface area contributed by atoms with E-state index in [4.69, 9.17) is 10.5 Å². The number of ether oxygens (including phenoxy) is 1. The molecule has 2 aromatic rings. The topological polar surface area (TPSA) is 114 Å². The molecule has 0 saturated carbocycles. The van der Waals surface area contributed by atoms with Gasteiger partial charge < -0.3 is 20.9 Å². The van der Waals surface area contributed by atoms with E-state index in [1.54, 1.807) is 31.4 Å². The van der Waals surface area contributed by atoms with Gasteiger partial charge in [0.25, 0.3) is 5.91 Å². The molecule has 1 aliphatic rings. The molecule has 8 heteroatoms. The smallest absolute Gasteiger partial charge is 0.324 e. The normalized spacial score (nSPS) is 16.0. The zero-order valence-corrected chi connectivity index (χ0v) is 14.5. The molecule has 5 N–H and O–H groups in total. The lowest BCUT2D eigenvalue weighted by Crippen LogP contribution is -2.23. The lowest BCUT2D eigenvalue weighted by molar-refractivity contribution is 0.0999. The van der Waals surface area contributed by atoms with E-state index >= 15 is 0 Å². The average molecular weight is 361 g/mol. The number of methoxy groups -OCH3 is 1. The first-order valence-electron chi connectivity index (χ1n) is 7.82. The van der Waals surface area contributed by atoms with E-state index in [2.05, 4.69) is 10.6 Å². The van der Waals surface area contributed by atoms with Crippen LogP contribution in [0.5, 0.6) is 5.75 Å². The molecule has 0 aliphatic heterocycles. The number of nitrogens with one attached hydrogen (secondary N) is 2. The van der Waals surface area contributed by atoms with E-state index in [1.165, 1.54) is 11.3 Å². The number of thiophene rings is 1. The molecule has 0 radical (unpaired) electrons. The molecule has 0 fully saturated rings. The monoisotopic (exact) mass is 361 g/mol. The number of hydrogen-bond acceptors (Lipinski definition) is 5. The van der Waals surface area contributed by atoms with Gasteiger partial charge in [0.2, 0.25) is 0 Å². The fourth-order valence-electron chi connectivity index (χ4n) is 2.86. The summed E-state index contributed by atoms with van der Waals surface area (Å²) in [6.07, 6.45) is 1.21.